The Morgan fingerprint density at radius 2 is 1.79 bits per heavy atom. The van der Waals surface area contributed by atoms with Gasteiger partial charge in [0.25, 0.3) is 5.91 Å². The van der Waals surface area contributed by atoms with Crippen molar-refractivity contribution in [1.29, 1.82) is 0 Å². The van der Waals surface area contributed by atoms with Gasteiger partial charge in [-0.1, -0.05) is 28.7 Å². The number of halogens is 1. The molecule has 1 aromatic rings. The molecular weight excluding hydrogens is 665 g/mol. The van der Waals surface area contributed by atoms with Crippen LogP contribution in [-0.2, 0) is 39.9 Å². The van der Waals surface area contributed by atoms with Crippen molar-refractivity contribution in [3.63, 3.8) is 0 Å². The van der Waals surface area contributed by atoms with Crippen LogP contribution in [0.2, 0.25) is 0 Å². The number of ketones is 2. The molecule has 3 aliphatic carbocycles. The molecule has 4 atom stereocenters. The number of aliphatic hydroxyl groups is 3. The van der Waals surface area contributed by atoms with Crippen LogP contribution in [0.15, 0.2) is 34.6 Å². The van der Waals surface area contributed by atoms with Gasteiger partial charge in [-0.3, -0.25) is 19.2 Å². The molecule has 6 N–H and O–H groups in total. The SMILES string of the molecule is CCOC(=O)/C(=C\c1ccc(O)c2c1C[C@H]1C[C@H]3CC(=O)C(C(N)=O)=C(O)[C@@]3(O)C(=O)C1=C2O)CC(I)C(=O)OCC. The summed E-state index contributed by atoms with van der Waals surface area (Å²) in [5, 5.41) is 44.1. The topological polar surface area (TPSA) is 211 Å². The quantitative estimate of drug-likeness (QED) is 0.0875. The van der Waals surface area contributed by atoms with Gasteiger partial charge in [-0.2, -0.15) is 0 Å². The predicted octanol–water partition coefficient (Wildman–Crippen LogP) is 2.13. The lowest BCUT2D eigenvalue weighted by atomic mass is 9.59. The highest BCUT2D eigenvalue weighted by Gasteiger charge is 2.60. The second-order valence-electron chi connectivity index (χ2n) is 10.2. The number of phenols is 1. The van der Waals surface area contributed by atoms with Crippen molar-refractivity contribution in [3.05, 3.63) is 51.3 Å². The zero-order valence-corrected chi connectivity index (χ0v) is 25.0. The lowest BCUT2D eigenvalue weighted by molar-refractivity contribution is -0.148. The highest BCUT2D eigenvalue weighted by Crippen LogP contribution is 2.52. The number of amides is 1. The summed E-state index contributed by atoms with van der Waals surface area (Å²) >= 11 is 1.86. The second-order valence-corrected chi connectivity index (χ2v) is 11.8. The summed E-state index contributed by atoms with van der Waals surface area (Å²) in [4.78, 5) is 63.1. The van der Waals surface area contributed by atoms with E-state index in [1.54, 1.807) is 13.8 Å². The number of rotatable bonds is 8. The molecule has 13 heteroatoms. The Balaban J connectivity index is 1.84. The van der Waals surface area contributed by atoms with E-state index >= 15 is 0 Å². The number of hydrogen-bond donors (Lipinski definition) is 5. The third-order valence-electron chi connectivity index (χ3n) is 7.79. The second kappa shape index (κ2) is 11.9. The maximum Gasteiger partial charge on any atom is 0.334 e. The zero-order chi connectivity index (χ0) is 31.1. The van der Waals surface area contributed by atoms with Crippen LogP contribution in [0.1, 0.15) is 49.8 Å². The van der Waals surface area contributed by atoms with E-state index in [9.17, 15) is 44.4 Å². The standard InChI is InChI=1S/C29H30INO11/c1-3-41-27(38)14(10-17(30)28(39)42-4-2)7-12-5-6-18(32)21-16(12)9-13-8-15-11-19(33)22(26(31)37)25(36)29(15,40)24(35)20(13)23(21)34/h5-7,13,15,17,32,34,36,40H,3-4,8-11H2,1-2H3,(H2,31,37)/b14-7-/t13-,15+,17?,29+/m1/s1. The molecular formula is C29H30INO11. The Kier molecular flexibility index (Phi) is 8.83. The minimum atomic E-state index is -2.66. The van der Waals surface area contributed by atoms with Gasteiger partial charge in [0.1, 0.15) is 26.8 Å². The molecule has 42 heavy (non-hydrogen) atoms. The summed E-state index contributed by atoms with van der Waals surface area (Å²) in [5.74, 6) is -8.45. The first-order valence-electron chi connectivity index (χ1n) is 13.3. The molecule has 0 saturated heterocycles. The van der Waals surface area contributed by atoms with Gasteiger partial charge in [0.05, 0.1) is 18.8 Å². The van der Waals surface area contributed by atoms with E-state index in [1.165, 1.54) is 18.2 Å². The Morgan fingerprint density at radius 3 is 2.40 bits per heavy atom. The van der Waals surface area contributed by atoms with E-state index < -0.39 is 74.3 Å². The van der Waals surface area contributed by atoms with Crippen LogP contribution in [0.4, 0.5) is 0 Å². The fourth-order valence-electron chi connectivity index (χ4n) is 5.90. The van der Waals surface area contributed by atoms with Crippen molar-refractivity contribution < 1.29 is 53.9 Å². The Hall–Kier alpha value is -3.72. The monoisotopic (exact) mass is 695 g/mol. The molecule has 0 bridgehead atoms. The number of alkyl halides is 1. The van der Waals surface area contributed by atoms with E-state index in [1.807, 2.05) is 22.6 Å². The number of ether oxygens (including phenoxy) is 2. The summed E-state index contributed by atoms with van der Waals surface area (Å²) < 4.78 is 9.52. The molecule has 1 unspecified atom stereocenters. The lowest BCUT2D eigenvalue weighted by Gasteiger charge is -2.46. The average molecular weight is 695 g/mol. The first-order valence-corrected chi connectivity index (χ1v) is 14.5. The van der Waals surface area contributed by atoms with E-state index in [4.69, 9.17) is 15.2 Å². The highest BCUT2D eigenvalue weighted by molar-refractivity contribution is 14.1. The van der Waals surface area contributed by atoms with Gasteiger partial charge < -0.3 is 35.6 Å². The number of carbonyl (C=O) groups excluding carboxylic acids is 5. The Labute approximate surface area is 254 Å². The van der Waals surface area contributed by atoms with Gasteiger partial charge >= 0.3 is 11.9 Å². The smallest absolute Gasteiger partial charge is 0.334 e. The normalized spacial score (nSPS) is 24.4. The van der Waals surface area contributed by atoms with Gasteiger partial charge in [-0.25, -0.2) is 4.79 Å². The molecule has 3 aliphatic rings. The van der Waals surface area contributed by atoms with Crippen LogP contribution in [0, 0.1) is 11.8 Å². The van der Waals surface area contributed by atoms with Crippen molar-refractivity contribution in [3.8, 4) is 5.75 Å². The van der Waals surface area contributed by atoms with Crippen molar-refractivity contribution in [2.45, 2.75) is 49.1 Å². The predicted molar refractivity (Wildman–Crippen MR) is 155 cm³/mol. The van der Waals surface area contributed by atoms with Crippen LogP contribution >= 0.6 is 22.6 Å². The van der Waals surface area contributed by atoms with E-state index in [-0.39, 0.29) is 54.9 Å². The average Bonchev–Trinajstić information content (AvgIpc) is 2.91. The number of nitrogens with two attached hydrogens (primary N) is 1. The molecule has 0 aromatic heterocycles. The summed E-state index contributed by atoms with van der Waals surface area (Å²) in [7, 11) is 0. The van der Waals surface area contributed by atoms with Crippen LogP contribution in [0.5, 0.6) is 5.75 Å². The first kappa shape index (κ1) is 31.2. The zero-order valence-electron chi connectivity index (χ0n) is 22.8. The summed E-state index contributed by atoms with van der Waals surface area (Å²) in [6, 6.07) is 2.77. The molecule has 0 heterocycles. The molecule has 1 saturated carbocycles. The number of esters is 2. The molecule has 1 amide bonds. The van der Waals surface area contributed by atoms with Crippen molar-refractivity contribution in [2.75, 3.05) is 13.2 Å². The van der Waals surface area contributed by atoms with Crippen LogP contribution in [0.3, 0.4) is 0 Å². The summed E-state index contributed by atoms with van der Waals surface area (Å²) in [6.45, 7) is 3.53. The molecule has 224 valence electrons. The third-order valence-corrected chi connectivity index (χ3v) is 8.74. The fraction of sp³-hybridized carbons (Fsp3) is 0.414. The Morgan fingerprint density at radius 1 is 1.12 bits per heavy atom. The van der Waals surface area contributed by atoms with E-state index in [2.05, 4.69) is 0 Å². The van der Waals surface area contributed by atoms with Crippen LogP contribution in [0.25, 0.3) is 11.8 Å². The number of benzene rings is 1. The number of aromatic hydroxyl groups is 1. The van der Waals surface area contributed by atoms with Crippen molar-refractivity contribution in [2.24, 2.45) is 17.6 Å². The number of fused-ring (bicyclic) bond motifs is 3. The maximum absolute atomic E-state index is 13.7. The van der Waals surface area contributed by atoms with Gasteiger partial charge in [0.2, 0.25) is 5.78 Å². The number of carbonyl (C=O) groups is 5. The van der Waals surface area contributed by atoms with Gasteiger partial charge in [-0.05, 0) is 55.9 Å². The van der Waals surface area contributed by atoms with Gasteiger partial charge in [-0.15, -0.1) is 0 Å². The largest absolute Gasteiger partial charge is 0.508 e. The fourth-order valence-corrected chi connectivity index (χ4v) is 6.56. The number of Topliss-reactive ketones (excluding diaryl/α,β-unsaturated/α-hetero) is 2. The minimum absolute atomic E-state index is 0.0338. The third kappa shape index (κ3) is 5.19. The molecule has 0 aliphatic heterocycles. The van der Waals surface area contributed by atoms with E-state index in [0.717, 1.165) is 0 Å². The highest BCUT2D eigenvalue weighted by atomic mass is 127. The molecule has 4 rings (SSSR count). The van der Waals surface area contributed by atoms with Crippen molar-refractivity contribution in [1.82, 2.24) is 0 Å². The molecule has 1 aromatic carbocycles. The summed E-state index contributed by atoms with van der Waals surface area (Å²) in [5.41, 5.74) is 2.20. The molecule has 0 radical (unpaired) electrons. The maximum atomic E-state index is 13.7. The molecule has 1 fully saturated rings. The number of hydrogen-bond acceptors (Lipinski definition) is 11. The molecule has 0 spiro atoms. The van der Waals surface area contributed by atoms with Crippen LogP contribution < -0.4 is 5.73 Å². The number of phenolic OH excluding ortho intramolecular Hbond substituents is 1. The number of primary amides is 1. The van der Waals surface area contributed by atoms with Gasteiger partial charge in [0.15, 0.2) is 11.4 Å². The summed E-state index contributed by atoms with van der Waals surface area (Å²) in [6.07, 6.45) is 1.03. The van der Waals surface area contributed by atoms with Crippen LogP contribution in [-0.4, -0.2) is 72.6 Å². The number of aliphatic hydroxyl groups excluding tert-OH is 2. The van der Waals surface area contributed by atoms with Crippen molar-refractivity contribution >= 4 is 63.8 Å². The minimum Gasteiger partial charge on any atom is -0.508 e. The van der Waals surface area contributed by atoms with E-state index in [0.29, 0.717) is 11.1 Å². The molecule has 12 nitrogen and oxygen atoms in total. The first-order chi connectivity index (χ1) is 19.8. The Bertz CT molecular complexity index is 1490. The van der Waals surface area contributed by atoms with Gasteiger partial charge in [0, 0.05) is 29.9 Å². The lowest BCUT2D eigenvalue weighted by Crippen LogP contribution is -2.58.